The van der Waals surface area contributed by atoms with Crippen molar-refractivity contribution >= 4 is 22.5 Å². The van der Waals surface area contributed by atoms with Crippen LogP contribution in [0, 0.1) is 0 Å². The molecule has 0 saturated carbocycles. The number of nitrogens with zero attached hydrogens (tertiary/aromatic N) is 1. The second kappa shape index (κ2) is 5.35. The molecule has 0 radical (unpaired) electrons. The maximum Gasteiger partial charge on any atom is 0.433 e. The van der Waals surface area contributed by atoms with Gasteiger partial charge in [0, 0.05) is 12.5 Å². The van der Waals surface area contributed by atoms with E-state index in [-0.39, 0.29) is 10.5 Å². The highest BCUT2D eigenvalue weighted by Gasteiger charge is 2.33. The topological polar surface area (TPSA) is 22.1 Å². The molecule has 1 heterocycles. The van der Waals surface area contributed by atoms with Crippen molar-refractivity contribution in [1.29, 1.82) is 0 Å². The Morgan fingerprint density at radius 1 is 1.32 bits per heavy atom. The summed E-state index contributed by atoms with van der Waals surface area (Å²) in [6.45, 7) is 0.411. The number of methoxy groups -OCH3 is 1. The number of halogens is 4. The van der Waals surface area contributed by atoms with Gasteiger partial charge in [-0.05, 0) is 18.1 Å². The third-order valence-corrected chi connectivity index (χ3v) is 3.05. The summed E-state index contributed by atoms with van der Waals surface area (Å²) in [5.74, 6) is 0. The molecule has 1 aromatic heterocycles. The highest BCUT2D eigenvalue weighted by molar-refractivity contribution is 6.35. The Labute approximate surface area is 113 Å². The van der Waals surface area contributed by atoms with Crippen molar-refractivity contribution < 1.29 is 17.9 Å². The molecule has 0 aliphatic carbocycles. The zero-order chi connectivity index (χ0) is 14.0. The van der Waals surface area contributed by atoms with Crippen LogP contribution in [0.4, 0.5) is 13.2 Å². The van der Waals surface area contributed by atoms with Gasteiger partial charge in [-0.25, -0.2) is 4.98 Å². The van der Waals surface area contributed by atoms with Crippen LogP contribution in [-0.4, -0.2) is 18.7 Å². The third-order valence-electron chi connectivity index (χ3n) is 2.74. The monoisotopic (exact) mass is 289 g/mol. The average Bonchev–Trinajstić information content (AvgIpc) is 2.35. The zero-order valence-corrected chi connectivity index (χ0v) is 10.8. The van der Waals surface area contributed by atoms with E-state index in [1.165, 1.54) is 7.11 Å². The Morgan fingerprint density at radius 2 is 2.05 bits per heavy atom. The Hall–Kier alpha value is -1.33. The molecule has 0 amide bonds. The smallest absolute Gasteiger partial charge is 0.384 e. The van der Waals surface area contributed by atoms with Gasteiger partial charge < -0.3 is 4.74 Å². The number of fused-ring (bicyclic) bond motifs is 1. The summed E-state index contributed by atoms with van der Waals surface area (Å²) < 4.78 is 43.1. The van der Waals surface area contributed by atoms with Crippen molar-refractivity contribution in [1.82, 2.24) is 4.98 Å². The van der Waals surface area contributed by atoms with E-state index in [1.807, 2.05) is 0 Å². The first-order valence-corrected chi connectivity index (χ1v) is 5.95. The predicted octanol–water partition coefficient (Wildman–Crippen LogP) is 4.10. The van der Waals surface area contributed by atoms with Crippen LogP contribution in [-0.2, 0) is 17.3 Å². The summed E-state index contributed by atoms with van der Waals surface area (Å²) in [6.07, 6.45) is -4.02. The molecule has 0 bridgehead atoms. The van der Waals surface area contributed by atoms with Gasteiger partial charge in [-0.2, -0.15) is 13.2 Å². The first-order chi connectivity index (χ1) is 8.93. The lowest BCUT2D eigenvalue weighted by molar-refractivity contribution is -0.140. The van der Waals surface area contributed by atoms with Crippen LogP contribution in [0.15, 0.2) is 24.3 Å². The minimum atomic E-state index is -4.51. The number of para-hydroxylation sites is 1. The molecule has 0 saturated heterocycles. The molecular weight excluding hydrogens is 279 g/mol. The van der Waals surface area contributed by atoms with Crippen molar-refractivity contribution in [2.24, 2.45) is 0 Å². The maximum absolute atomic E-state index is 12.7. The van der Waals surface area contributed by atoms with Gasteiger partial charge in [0.2, 0.25) is 0 Å². The fourth-order valence-electron chi connectivity index (χ4n) is 1.83. The lowest BCUT2D eigenvalue weighted by Crippen LogP contribution is -2.09. The number of ether oxygens (including phenoxy) is 1. The second-order valence-corrected chi connectivity index (χ2v) is 4.45. The molecule has 102 valence electrons. The molecule has 0 atom stereocenters. The summed E-state index contributed by atoms with van der Waals surface area (Å²) in [5, 5.41) is 0.569. The molecule has 0 aliphatic rings. The average molecular weight is 290 g/mol. The number of benzene rings is 1. The summed E-state index contributed by atoms with van der Waals surface area (Å²) in [6, 6.07) is 5.98. The van der Waals surface area contributed by atoms with Crippen LogP contribution >= 0.6 is 11.6 Å². The first kappa shape index (κ1) is 14.1. The fourth-order valence-corrected chi connectivity index (χ4v) is 2.08. The Morgan fingerprint density at radius 3 is 2.68 bits per heavy atom. The molecule has 2 nitrogen and oxygen atoms in total. The quantitative estimate of drug-likeness (QED) is 0.849. The van der Waals surface area contributed by atoms with Crippen LogP contribution < -0.4 is 0 Å². The standard InChI is InChI=1S/C13H11ClF3NO/c1-19-6-5-8-3-2-4-9-10(14)7-11(13(15,16)17)18-12(8)9/h2-4,7H,5-6H2,1H3. The van der Waals surface area contributed by atoms with Crippen molar-refractivity contribution in [3.05, 3.63) is 40.5 Å². The SMILES string of the molecule is COCCc1cccc2c(Cl)cc(C(F)(F)F)nc12. The largest absolute Gasteiger partial charge is 0.433 e. The van der Waals surface area contributed by atoms with E-state index in [2.05, 4.69) is 4.98 Å². The molecule has 0 N–H and O–H groups in total. The van der Waals surface area contributed by atoms with Gasteiger partial charge in [-0.15, -0.1) is 0 Å². The van der Waals surface area contributed by atoms with Gasteiger partial charge in [0.15, 0.2) is 0 Å². The molecule has 0 spiro atoms. The van der Waals surface area contributed by atoms with Crippen molar-refractivity contribution in [3.8, 4) is 0 Å². The third kappa shape index (κ3) is 2.98. The number of hydrogen-bond acceptors (Lipinski definition) is 2. The van der Waals surface area contributed by atoms with Crippen molar-refractivity contribution in [3.63, 3.8) is 0 Å². The van der Waals surface area contributed by atoms with Gasteiger partial charge in [0.1, 0.15) is 5.69 Å². The molecule has 0 fully saturated rings. The summed E-state index contributed by atoms with van der Waals surface area (Å²) >= 11 is 5.90. The van der Waals surface area contributed by atoms with E-state index >= 15 is 0 Å². The minimum absolute atomic E-state index is 0.0524. The molecule has 0 aliphatic heterocycles. The van der Waals surface area contributed by atoms with E-state index in [1.54, 1.807) is 18.2 Å². The Bertz CT molecular complexity index is 598. The highest BCUT2D eigenvalue weighted by atomic mass is 35.5. The number of alkyl halides is 3. The highest BCUT2D eigenvalue weighted by Crippen LogP contribution is 2.33. The van der Waals surface area contributed by atoms with Crippen molar-refractivity contribution in [2.45, 2.75) is 12.6 Å². The lowest BCUT2D eigenvalue weighted by Gasteiger charge is -2.11. The Kier molecular flexibility index (Phi) is 3.96. The molecule has 1 aromatic carbocycles. The first-order valence-electron chi connectivity index (χ1n) is 5.57. The van der Waals surface area contributed by atoms with E-state index in [9.17, 15) is 13.2 Å². The number of rotatable bonds is 3. The van der Waals surface area contributed by atoms with Gasteiger partial charge in [-0.1, -0.05) is 29.8 Å². The van der Waals surface area contributed by atoms with E-state index in [0.29, 0.717) is 24.0 Å². The van der Waals surface area contributed by atoms with Gasteiger partial charge in [0.25, 0.3) is 0 Å². The van der Waals surface area contributed by atoms with Crippen molar-refractivity contribution in [2.75, 3.05) is 13.7 Å². The summed E-state index contributed by atoms with van der Waals surface area (Å²) in [7, 11) is 1.53. The van der Waals surface area contributed by atoms with E-state index in [4.69, 9.17) is 16.3 Å². The second-order valence-electron chi connectivity index (χ2n) is 4.04. The zero-order valence-electron chi connectivity index (χ0n) is 10.1. The predicted molar refractivity (Wildman–Crippen MR) is 67.3 cm³/mol. The maximum atomic E-state index is 12.7. The van der Waals surface area contributed by atoms with Crippen LogP contribution in [0.25, 0.3) is 10.9 Å². The van der Waals surface area contributed by atoms with E-state index < -0.39 is 11.9 Å². The Balaban J connectivity index is 2.62. The van der Waals surface area contributed by atoms with E-state index in [0.717, 1.165) is 6.07 Å². The van der Waals surface area contributed by atoms with Crippen LogP contribution in [0.1, 0.15) is 11.3 Å². The molecule has 6 heteroatoms. The molecule has 2 rings (SSSR count). The van der Waals surface area contributed by atoms with Gasteiger partial charge in [0.05, 0.1) is 17.1 Å². The van der Waals surface area contributed by atoms with Gasteiger partial charge >= 0.3 is 6.18 Å². The van der Waals surface area contributed by atoms with Crippen LogP contribution in [0.5, 0.6) is 0 Å². The van der Waals surface area contributed by atoms with Gasteiger partial charge in [-0.3, -0.25) is 0 Å². The normalized spacial score (nSPS) is 12.1. The molecule has 2 aromatic rings. The summed E-state index contributed by atoms with van der Waals surface area (Å²) in [5.41, 5.74) is -0.0124. The minimum Gasteiger partial charge on any atom is -0.384 e. The number of aromatic nitrogens is 1. The molecule has 19 heavy (non-hydrogen) atoms. The number of hydrogen-bond donors (Lipinski definition) is 0. The molecule has 0 unspecified atom stereocenters. The fraction of sp³-hybridized carbons (Fsp3) is 0.308. The van der Waals surface area contributed by atoms with Crippen LogP contribution in [0.2, 0.25) is 5.02 Å². The number of pyridine rings is 1. The lowest BCUT2D eigenvalue weighted by atomic mass is 10.1. The summed E-state index contributed by atoms with van der Waals surface area (Å²) in [4.78, 5) is 3.70. The van der Waals surface area contributed by atoms with Crippen LogP contribution in [0.3, 0.4) is 0 Å². The molecular formula is C13H11ClF3NO.